The number of carbonyl (C=O) groups excluding carboxylic acids is 1. The molecule has 4 nitrogen and oxygen atoms in total. The molecule has 1 aliphatic heterocycles. The Morgan fingerprint density at radius 3 is 2.52 bits per heavy atom. The van der Waals surface area contributed by atoms with Crippen molar-refractivity contribution >= 4 is 11.6 Å². The fourth-order valence-corrected chi connectivity index (χ4v) is 3.78. The lowest BCUT2D eigenvalue weighted by Crippen LogP contribution is -3.15. The fourth-order valence-electron chi connectivity index (χ4n) is 3.78. The summed E-state index contributed by atoms with van der Waals surface area (Å²) in [7, 11) is 4.37. The van der Waals surface area contributed by atoms with Crippen molar-refractivity contribution in [1.29, 1.82) is 0 Å². The minimum Gasteiger partial charge on any atom is -0.340 e. The lowest BCUT2D eigenvalue weighted by atomic mass is 10.0. The monoisotopic (exact) mass is 319 g/mol. The third-order valence-corrected chi connectivity index (χ3v) is 4.90. The second kappa shape index (κ2) is 7.93. The Morgan fingerprint density at radius 2 is 1.91 bits per heavy atom. The summed E-state index contributed by atoms with van der Waals surface area (Å²) in [6.07, 6.45) is 3.36. The van der Waals surface area contributed by atoms with E-state index in [9.17, 15) is 4.79 Å². The topological polar surface area (TPSA) is 38.0 Å². The molecule has 4 heteroatoms. The van der Waals surface area contributed by atoms with Gasteiger partial charge in [-0.1, -0.05) is 17.7 Å². The summed E-state index contributed by atoms with van der Waals surface area (Å²) in [6.45, 7) is 9.67. The van der Waals surface area contributed by atoms with Crippen LogP contribution in [0.25, 0.3) is 0 Å². The van der Waals surface area contributed by atoms with Crippen molar-refractivity contribution in [3.05, 3.63) is 28.8 Å². The molecule has 2 atom stereocenters. The number of aryl methyl sites for hydroxylation is 3. The first kappa shape index (κ1) is 18.0. The molecule has 0 saturated carbocycles. The molecule has 1 aliphatic rings. The Balaban J connectivity index is 1.99. The summed E-state index contributed by atoms with van der Waals surface area (Å²) >= 11 is 0. The second-order valence-corrected chi connectivity index (χ2v) is 7.43. The highest BCUT2D eigenvalue weighted by molar-refractivity contribution is 5.95. The zero-order chi connectivity index (χ0) is 17.0. The van der Waals surface area contributed by atoms with Crippen LogP contribution in [0.5, 0.6) is 0 Å². The molecule has 1 fully saturated rings. The number of rotatable bonds is 6. The third kappa shape index (κ3) is 4.79. The lowest BCUT2D eigenvalue weighted by Gasteiger charge is -2.22. The van der Waals surface area contributed by atoms with Gasteiger partial charge >= 0.3 is 0 Å². The summed E-state index contributed by atoms with van der Waals surface area (Å²) in [5, 5.41) is 3.21. The molecule has 1 saturated heterocycles. The second-order valence-electron chi connectivity index (χ2n) is 7.43. The van der Waals surface area contributed by atoms with E-state index >= 15 is 0 Å². The number of hydrogen-bond acceptors (Lipinski definition) is 1. The number of benzene rings is 1. The van der Waals surface area contributed by atoms with Crippen molar-refractivity contribution in [2.24, 2.45) is 0 Å². The van der Waals surface area contributed by atoms with Crippen LogP contribution in [0.2, 0.25) is 0 Å². The molecule has 0 radical (unpaired) electrons. The Morgan fingerprint density at radius 1 is 1.26 bits per heavy atom. The van der Waals surface area contributed by atoms with E-state index in [2.05, 4.69) is 52.3 Å². The van der Waals surface area contributed by atoms with Gasteiger partial charge in [0.15, 0.2) is 6.04 Å². The van der Waals surface area contributed by atoms with Crippen LogP contribution < -0.4 is 15.1 Å². The Labute approximate surface area is 140 Å². The van der Waals surface area contributed by atoms with Gasteiger partial charge in [0, 0.05) is 24.9 Å². The SMILES string of the molecule is Cc1cc(C)c(NC(=O)C2CCC[NH+]2CCC[NH+](C)C)c(C)c1. The fraction of sp³-hybridized carbons (Fsp3) is 0.632. The molecule has 0 bridgehead atoms. The Bertz CT molecular complexity index is 531. The molecule has 128 valence electrons. The van der Waals surface area contributed by atoms with Crippen LogP contribution in [-0.4, -0.2) is 45.7 Å². The van der Waals surface area contributed by atoms with Gasteiger partial charge in [0.05, 0.1) is 33.7 Å². The van der Waals surface area contributed by atoms with Crippen molar-refractivity contribution in [3.8, 4) is 0 Å². The van der Waals surface area contributed by atoms with Gasteiger partial charge < -0.3 is 15.1 Å². The largest absolute Gasteiger partial charge is 0.340 e. The van der Waals surface area contributed by atoms with Crippen LogP contribution in [0.4, 0.5) is 5.69 Å². The molecule has 2 rings (SSSR count). The highest BCUT2D eigenvalue weighted by atomic mass is 16.2. The van der Waals surface area contributed by atoms with Gasteiger partial charge in [-0.3, -0.25) is 4.79 Å². The van der Waals surface area contributed by atoms with E-state index in [1.54, 1.807) is 0 Å². The quantitative estimate of drug-likeness (QED) is 0.685. The van der Waals surface area contributed by atoms with Gasteiger partial charge in [0.1, 0.15) is 0 Å². The van der Waals surface area contributed by atoms with E-state index in [1.807, 2.05) is 0 Å². The van der Waals surface area contributed by atoms with E-state index in [0.29, 0.717) is 0 Å². The zero-order valence-electron chi connectivity index (χ0n) is 15.4. The van der Waals surface area contributed by atoms with E-state index in [4.69, 9.17) is 0 Å². The van der Waals surface area contributed by atoms with Crippen LogP contribution in [0.1, 0.15) is 36.0 Å². The smallest absolute Gasteiger partial charge is 0.282 e. The third-order valence-electron chi connectivity index (χ3n) is 4.90. The molecule has 1 aromatic rings. The van der Waals surface area contributed by atoms with E-state index < -0.39 is 0 Å². The molecular weight excluding hydrogens is 286 g/mol. The Kier molecular flexibility index (Phi) is 6.19. The van der Waals surface area contributed by atoms with Crippen molar-refractivity contribution < 1.29 is 14.6 Å². The molecule has 23 heavy (non-hydrogen) atoms. The van der Waals surface area contributed by atoms with Crippen molar-refractivity contribution in [2.45, 2.75) is 46.1 Å². The number of likely N-dealkylation sites (tertiary alicyclic amines) is 1. The molecule has 1 heterocycles. The zero-order valence-corrected chi connectivity index (χ0v) is 15.4. The average molecular weight is 319 g/mol. The summed E-state index contributed by atoms with van der Waals surface area (Å²) < 4.78 is 0. The molecule has 0 aromatic heterocycles. The number of hydrogen-bond donors (Lipinski definition) is 3. The maximum absolute atomic E-state index is 12.8. The van der Waals surface area contributed by atoms with Gasteiger partial charge in [-0.2, -0.15) is 0 Å². The average Bonchev–Trinajstić information content (AvgIpc) is 2.90. The molecule has 0 aliphatic carbocycles. The molecule has 1 aromatic carbocycles. The maximum atomic E-state index is 12.8. The number of anilines is 1. The van der Waals surface area contributed by atoms with Gasteiger partial charge in [-0.05, 0) is 31.9 Å². The van der Waals surface area contributed by atoms with Crippen LogP contribution in [0, 0.1) is 20.8 Å². The Hall–Kier alpha value is -1.39. The van der Waals surface area contributed by atoms with Crippen LogP contribution >= 0.6 is 0 Å². The normalized spacial score (nSPS) is 21.0. The number of carbonyl (C=O) groups is 1. The van der Waals surface area contributed by atoms with E-state index in [0.717, 1.165) is 42.7 Å². The number of quaternary nitrogens is 2. The first-order valence-corrected chi connectivity index (χ1v) is 8.91. The van der Waals surface area contributed by atoms with Crippen molar-refractivity contribution in [1.82, 2.24) is 0 Å². The number of amides is 1. The highest BCUT2D eigenvalue weighted by Gasteiger charge is 2.34. The van der Waals surface area contributed by atoms with Crippen molar-refractivity contribution in [3.63, 3.8) is 0 Å². The van der Waals surface area contributed by atoms with Crippen molar-refractivity contribution in [2.75, 3.05) is 39.0 Å². The first-order valence-electron chi connectivity index (χ1n) is 8.91. The summed E-state index contributed by atoms with van der Waals surface area (Å²) in [6, 6.07) is 4.40. The number of nitrogens with one attached hydrogen (secondary N) is 3. The van der Waals surface area contributed by atoms with E-state index in [-0.39, 0.29) is 11.9 Å². The first-order chi connectivity index (χ1) is 10.9. The van der Waals surface area contributed by atoms with Gasteiger partial charge in [0.25, 0.3) is 5.91 Å². The van der Waals surface area contributed by atoms with E-state index in [1.165, 1.54) is 28.3 Å². The van der Waals surface area contributed by atoms with Crippen LogP contribution in [0.3, 0.4) is 0 Å². The van der Waals surface area contributed by atoms with Gasteiger partial charge in [-0.15, -0.1) is 0 Å². The minimum atomic E-state index is 0.118. The van der Waals surface area contributed by atoms with Gasteiger partial charge in [0.2, 0.25) is 0 Å². The van der Waals surface area contributed by atoms with Crippen LogP contribution in [0.15, 0.2) is 12.1 Å². The molecular formula is C19H33N3O+2. The summed E-state index contributed by atoms with van der Waals surface area (Å²) in [4.78, 5) is 15.7. The summed E-state index contributed by atoms with van der Waals surface area (Å²) in [5.74, 6) is 0.199. The predicted molar refractivity (Wildman–Crippen MR) is 95.3 cm³/mol. The van der Waals surface area contributed by atoms with Gasteiger partial charge in [-0.25, -0.2) is 0 Å². The predicted octanol–water partition coefficient (Wildman–Crippen LogP) is 0.132. The highest BCUT2D eigenvalue weighted by Crippen LogP contribution is 2.22. The standard InChI is InChI=1S/C19H31N3O/c1-14-12-15(2)18(16(3)13-14)20-19(23)17-8-6-10-22(17)11-7-9-21(4)5/h12-13,17H,6-11H2,1-5H3,(H,20,23)/p+2. The molecule has 2 unspecified atom stereocenters. The molecule has 0 spiro atoms. The minimum absolute atomic E-state index is 0.118. The molecule has 1 amide bonds. The van der Waals surface area contributed by atoms with Crippen LogP contribution in [-0.2, 0) is 4.79 Å². The maximum Gasteiger partial charge on any atom is 0.282 e. The summed E-state index contributed by atoms with van der Waals surface area (Å²) in [5.41, 5.74) is 4.57. The lowest BCUT2D eigenvalue weighted by molar-refractivity contribution is -0.910. The molecule has 3 N–H and O–H groups in total.